The molecule has 2 heterocycles. The molecule has 21 heavy (non-hydrogen) atoms. The van der Waals surface area contributed by atoms with Gasteiger partial charge in [0.05, 0.1) is 5.69 Å². The van der Waals surface area contributed by atoms with Crippen LogP contribution >= 0.6 is 0 Å². The van der Waals surface area contributed by atoms with Crippen molar-refractivity contribution in [1.29, 1.82) is 0 Å². The van der Waals surface area contributed by atoms with Crippen LogP contribution in [0.15, 0.2) is 55.1 Å². The summed E-state index contributed by atoms with van der Waals surface area (Å²) in [4.78, 5) is 12.4. The van der Waals surface area contributed by atoms with E-state index in [1.807, 2.05) is 31.5 Å². The van der Waals surface area contributed by atoms with Crippen molar-refractivity contribution in [2.45, 2.75) is 19.9 Å². The first-order valence-electron chi connectivity index (χ1n) is 6.87. The van der Waals surface area contributed by atoms with Crippen molar-refractivity contribution < 1.29 is 0 Å². The highest BCUT2D eigenvalue weighted by Crippen LogP contribution is 2.14. The second kappa shape index (κ2) is 6.17. The van der Waals surface area contributed by atoms with Crippen molar-refractivity contribution in [2.75, 3.05) is 0 Å². The molecule has 0 aliphatic rings. The van der Waals surface area contributed by atoms with E-state index in [4.69, 9.17) is 0 Å². The maximum Gasteiger partial charge on any atom is 0.249 e. The molecule has 0 N–H and O–H groups in total. The van der Waals surface area contributed by atoms with Crippen LogP contribution in [0.1, 0.15) is 11.4 Å². The third-order valence-electron chi connectivity index (χ3n) is 3.28. The Hall–Kier alpha value is -2.69. The lowest BCUT2D eigenvalue weighted by Crippen LogP contribution is -2.02. The first-order chi connectivity index (χ1) is 10.3. The Morgan fingerprint density at radius 2 is 1.76 bits per heavy atom. The highest BCUT2D eigenvalue weighted by molar-refractivity contribution is 5.43. The second-order valence-electron chi connectivity index (χ2n) is 4.74. The molecule has 0 aliphatic carbocycles. The van der Waals surface area contributed by atoms with Gasteiger partial charge in [0.1, 0.15) is 5.82 Å². The number of benzene rings is 1. The Kier molecular flexibility index (Phi) is 3.91. The zero-order valence-electron chi connectivity index (χ0n) is 11.8. The van der Waals surface area contributed by atoms with Gasteiger partial charge >= 0.3 is 0 Å². The molecule has 3 aromatic rings. The van der Waals surface area contributed by atoms with Crippen molar-refractivity contribution in [3.63, 3.8) is 0 Å². The van der Waals surface area contributed by atoms with Crippen LogP contribution in [-0.4, -0.2) is 19.5 Å². The summed E-state index contributed by atoms with van der Waals surface area (Å²) in [7, 11) is 0. The summed E-state index contributed by atoms with van der Waals surface area (Å²) < 4.78 is 2.15. The van der Waals surface area contributed by atoms with Crippen LogP contribution in [0.3, 0.4) is 0 Å². The summed E-state index contributed by atoms with van der Waals surface area (Å²) in [5.41, 5.74) is 2.14. The van der Waals surface area contributed by atoms with Crippen LogP contribution < -0.4 is 5.32 Å². The molecule has 105 valence electrons. The third-order valence-corrected chi connectivity index (χ3v) is 3.28. The highest BCUT2D eigenvalue weighted by atomic mass is 15.1. The van der Waals surface area contributed by atoms with E-state index < -0.39 is 0 Å². The van der Waals surface area contributed by atoms with Gasteiger partial charge in [-0.1, -0.05) is 12.1 Å². The van der Waals surface area contributed by atoms with Crippen molar-refractivity contribution in [2.24, 2.45) is 0 Å². The van der Waals surface area contributed by atoms with Crippen molar-refractivity contribution in [1.82, 2.24) is 24.8 Å². The molecule has 0 atom stereocenters. The Balaban J connectivity index is 1.60. The van der Waals surface area contributed by atoms with Gasteiger partial charge in [-0.25, -0.2) is 20.3 Å². The average molecular weight is 278 g/mol. The zero-order valence-corrected chi connectivity index (χ0v) is 11.8. The summed E-state index contributed by atoms with van der Waals surface area (Å²) >= 11 is 0. The van der Waals surface area contributed by atoms with Gasteiger partial charge in [-0.15, -0.1) is 0 Å². The normalized spacial score (nSPS) is 10.5. The molecular weight excluding hydrogens is 262 g/mol. The maximum atomic E-state index is 4.37. The van der Waals surface area contributed by atoms with Crippen LogP contribution in [0, 0.1) is 6.92 Å². The molecule has 0 saturated carbocycles. The van der Waals surface area contributed by atoms with E-state index >= 15 is 0 Å². The fraction of sp³-hybridized carbons (Fsp3) is 0.188. The van der Waals surface area contributed by atoms with Gasteiger partial charge in [-0.2, -0.15) is 0 Å². The number of imidazole rings is 1. The van der Waals surface area contributed by atoms with E-state index in [-0.39, 0.29) is 0 Å². The molecule has 0 saturated heterocycles. The van der Waals surface area contributed by atoms with E-state index in [0.29, 0.717) is 5.95 Å². The fourth-order valence-electron chi connectivity index (χ4n) is 2.09. The zero-order chi connectivity index (χ0) is 14.5. The minimum absolute atomic E-state index is 0.485. The van der Waals surface area contributed by atoms with Crippen molar-refractivity contribution in [3.8, 4) is 0 Å². The Labute approximate surface area is 123 Å². The summed E-state index contributed by atoms with van der Waals surface area (Å²) in [6.07, 6.45) is 8.18. The molecule has 0 unspecified atom stereocenters. The molecule has 2 aromatic heterocycles. The van der Waals surface area contributed by atoms with Crippen LogP contribution in [-0.2, 0) is 13.0 Å². The van der Waals surface area contributed by atoms with Gasteiger partial charge < -0.3 is 4.57 Å². The topological polar surface area (TPSA) is 57.7 Å². The number of aromatic nitrogens is 4. The molecule has 5 nitrogen and oxygen atoms in total. The lowest BCUT2D eigenvalue weighted by molar-refractivity contribution is 0.673. The predicted molar refractivity (Wildman–Crippen MR) is 80.6 cm³/mol. The monoisotopic (exact) mass is 278 g/mol. The van der Waals surface area contributed by atoms with Crippen molar-refractivity contribution in [3.05, 3.63) is 66.5 Å². The molecule has 1 aromatic carbocycles. The number of aryl methyl sites for hydroxylation is 3. The summed E-state index contributed by atoms with van der Waals surface area (Å²) in [5, 5.41) is 4.37. The van der Waals surface area contributed by atoms with Crippen LogP contribution in [0.5, 0.6) is 0 Å². The number of hydrogen-bond acceptors (Lipinski definition) is 3. The molecule has 5 heteroatoms. The standard InChI is InChI=1S/C16H16N5/c1-13-17-10-12-21(13)11-7-14-3-5-15(6-4-14)20-16-18-8-2-9-19-16/h2-6,8-10,12H,7,11H2,1H3. The van der Waals surface area contributed by atoms with E-state index in [1.165, 1.54) is 5.56 Å². The maximum absolute atomic E-state index is 4.37. The minimum atomic E-state index is 0.485. The van der Waals surface area contributed by atoms with Gasteiger partial charge in [-0.05, 0) is 37.1 Å². The van der Waals surface area contributed by atoms with Gasteiger partial charge in [0.15, 0.2) is 0 Å². The van der Waals surface area contributed by atoms with E-state index in [2.05, 4.69) is 37.0 Å². The average Bonchev–Trinajstić information content (AvgIpc) is 2.93. The number of nitrogens with zero attached hydrogens (tertiary/aromatic N) is 5. The SMILES string of the molecule is Cc1nccn1CCc1ccc([N]c2ncccn2)cc1. The summed E-state index contributed by atoms with van der Waals surface area (Å²) in [5.74, 6) is 1.53. The minimum Gasteiger partial charge on any atom is -0.335 e. The Morgan fingerprint density at radius 3 is 2.43 bits per heavy atom. The molecule has 0 fully saturated rings. The number of hydrogen-bond donors (Lipinski definition) is 0. The molecule has 0 spiro atoms. The lowest BCUT2D eigenvalue weighted by atomic mass is 10.1. The largest absolute Gasteiger partial charge is 0.335 e. The van der Waals surface area contributed by atoms with Crippen LogP contribution in [0.2, 0.25) is 0 Å². The van der Waals surface area contributed by atoms with Gasteiger partial charge in [0.25, 0.3) is 0 Å². The van der Waals surface area contributed by atoms with E-state index in [9.17, 15) is 0 Å². The van der Waals surface area contributed by atoms with Crippen LogP contribution in [0.4, 0.5) is 11.6 Å². The van der Waals surface area contributed by atoms with Gasteiger partial charge in [0.2, 0.25) is 5.95 Å². The third kappa shape index (κ3) is 3.45. The highest BCUT2D eigenvalue weighted by Gasteiger charge is 2.01. The Morgan fingerprint density at radius 1 is 1.00 bits per heavy atom. The predicted octanol–water partition coefficient (Wildman–Crippen LogP) is 2.79. The summed E-state index contributed by atoms with van der Waals surface area (Å²) in [6, 6.07) is 9.95. The molecule has 0 aliphatic heterocycles. The van der Waals surface area contributed by atoms with Gasteiger partial charge in [0, 0.05) is 31.3 Å². The summed E-state index contributed by atoms with van der Waals surface area (Å²) in [6.45, 7) is 2.95. The molecule has 0 amide bonds. The van der Waals surface area contributed by atoms with E-state index in [1.54, 1.807) is 18.5 Å². The lowest BCUT2D eigenvalue weighted by Gasteiger charge is -2.06. The molecule has 1 radical (unpaired) electrons. The first-order valence-corrected chi connectivity index (χ1v) is 6.87. The number of rotatable bonds is 5. The van der Waals surface area contributed by atoms with E-state index in [0.717, 1.165) is 24.5 Å². The van der Waals surface area contributed by atoms with Gasteiger partial charge in [-0.3, -0.25) is 0 Å². The molecular formula is C16H16N5. The Bertz CT molecular complexity index is 688. The molecule has 3 rings (SSSR count). The first kappa shape index (κ1) is 13.3. The smallest absolute Gasteiger partial charge is 0.249 e. The van der Waals surface area contributed by atoms with Crippen molar-refractivity contribution >= 4 is 11.6 Å². The quantitative estimate of drug-likeness (QED) is 0.721. The molecule has 0 bridgehead atoms. The second-order valence-corrected chi connectivity index (χ2v) is 4.74. The van der Waals surface area contributed by atoms with Crippen LogP contribution in [0.25, 0.3) is 0 Å². The fourth-order valence-corrected chi connectivity index (χ4v) is 2.09.